The van der Waals surface area contributed by atoms with Crippen molar-refractivity contribution < 1.29 is 0 Å². The Balaban J connectivity index is 0.00000180. The molecule has 2 saturated carbocycles. The normalized spacial score (nSPS) is 17.2. The van der Waals surface area contributed by atoms with Gasteiger partial charge in [-0.05, 0) is 43.4 Å². The van der Waals surface area contributed by atoms with Gasteiger partial charge in [-0.2, -0.15) is 0 Å². The van der Waals surface area contributed by atoms with Crippen molar-refractivity contribution in [3.8, 4) is 11.5 Å². The van der Waals surface area contributed by atoms with Gasteiger partial charge in [-0.15, -0.1) is 12.4 Å². The second-order valence-electron chi connectivity index (χ2n) is 7.50. The summed E-state index contributed by atoms with van der Waals surface area (Å²) < 4.78 is 2.09. The Morgan fingerprint density at radius 2 is 1.78 bits per heavy atom. The van der Waals surface area contributed by atoms with Crippen LogP contribution in [0.25, 0.3) is 11.5 Å². The van der Waals surface area contributed by atoms with Gasteiger partial charge in [-0.3, -0.25) is 0 Å². The Morgan fingerprint density at radius 3 is 2.48 bits per heavy atom. The smallest absolute Gasteiger partial charge is 0.166 e. The second-order valence-corrected chi connectivity index (χ2v) is 7.94. The van der Waals surface area contributed by atoms with Gasteiger partial charge < -0.3 is 9.88 Å². The number of anilines is 1. The number of rotatable bonds is 5. The molecule has 1 aromatic carbocycles. The number of fused-ring (bicyclic) bond motifs is 1. The van der Waals surface area contributed by atoms with Crippen molar-refractivity contribution in [1.29, 1.82) is 0 Å². The van der Waals surface area contributed by atoms with Gasteiger partial charge in [0.25, 0.3) is 0 Å². The number of hydrogen-bond acceptors (Lipinski definition) is 4. The Kier molecular flexibility index (Phi) is 5.24. The third-order valence-electron chi connectivity index (χ3n) is 5.39. The molecular formula is C20H23Cl2N5. The number of aromatic nitrogens is 4. The van der Waals surface area contributed by atoms with Gasteiger partial charge in [0.15, 0.2) is 17.3 Å². The van der Waals surface area contributed by atoms with Gasteiger partial charge in [0.2, 0.25) is 0 Å². The summed E-state index contributed by atoms with van der Waals surface area (Å²) in [6, 6.07) is 8.45. The number of halogens is 2. The summed E-state index contributed by atoms with van der Waals surface area (Å²) in [5.41, 5.74) is 2.09. The topological polar surface area (TPSA) is 55.6 Å². The molecule has 0 radical (unpaired) electrons. The molecule has 0 bridgehead atoms. The molecule has 0 aromatic heterocycles. The highest BCUT2D eigenvalue weighted by molar-refractivity contribution is 6.30. The summed E-state index contributed by atoms with van der Waals surface area (Å²) in [7, 11) is 0. The van der Waals surface area contributed by atoms with Crippen LogP contribution >= 0.6 is 24.0 Å². The van der Waals surface area contributed by atoms with Crippen molar-refractivity contribution >= 4 is 29.8 Å². The zero-order chi connectivity index (χ0) is 17.5. The van der Waals surface area contributed by atoms with Gasteiger partial charge in [-0.25, -0.2) is 15.0 Å². The molecule has 2 aliphatic heterocycles. The molecule has 2 aliphatic carbocycles. The summed E-state index contributed by atoms with van der Waals surface area (Å²) >= 11 is 6.01. The lowest BCUT2D eigenvalue weighted by atomic mass is 10.2. The summed E-state index contributed by atoms with van der Waals surface area (Å²) in [4.78, 5) is 14.4. The third kappa shape index (κ3) is 3.90. The van der Waals surface area contributed by atoms with Crippen molar-refractivity contribution in [3.63, 3.8) is 0 Å². The monoisotopic (exact) mass is 403 g/mol. The first-order valence-electron chi connectivity index (χ1n) is 9.50. The van der Waals surface area contributed by atoms with Crippen LogP contribution in [0.15, 0.2) is 30.6 Å². The van der Waals surface area contributed by atoms with E-state index in [4.69, 9.17) is 26.6 Å². The SMILES string of the molecule is Cl.Clc1ccc(Cn2cnc(NC3CCCC3)c3nc(C4CC4)nc2-3)cc1. The maximum Gasteiger partial charge on any atom is 0.166 e. The number of hydrogen-bond donors (Lipinski definition) is 1. The van der Waals surface area contributed by atoms with E-state index >= 15 is 0 Å². The molecule has 2 heterocycles. The number of nitrogens with zero attached hydrogens (tertiary/aromatic N) is 4. The largest absolute Gasteiger partial charge is 0.365 e. The fourth-order valence-electron chi connectivity index (χ4n) is 3.75. The first-order chi connectivity index (χ1) is 12.8. The van der Waals surface area contributed by atoms with E-state index in [1.165, 1.54) is 44.1 Å². The Hall–Kier alpha value is -1.85. The molecule has 5 nitrogen and oxygen atoms in total. The van der Waals surface area contributed by atoms with E-state index in [-0.39, 0.29) is 12.4 Å². The van der Waals surface area contributed by atoms with E-state index in [1.807, 2.05) is 30.6 Å². The summed E-state index contributed by atoms with van der Waals surface area (Å²) in [6.07, 6.45) is 9.31. The van der Waals surface area contributed by atoms with Gasteiger partial charge in [-0.1, -0.05) is 36.6 Å². The molecule has 1 N–H and O–H groups in total. The highest BCUT2D eigenvalue weighted by Crippen LogP contribution is 2.41. The van der Waals surface area contributed by atoms with E-state index in [1.54, 1.807) is 0 Å². The Morgan fingerprint density at radius 1 is 1.04 bits per heavy atom. The average Bonchev–Trinajstić information content (AvgIpc) is 3.18. The molecule has 2 fully saturated rings. The van der Waals surface area contributed by atoms with Crippen LogP contribution < -0.4 is 5.32 Å². The zero-order valence-electron chi connectivity index (χ0n) is 15.1. The minimum absolute atomic E-state index is 0. The van der Waals surface area contributed by atoms with Gasteiger partial charge in [0.05, 0.1) is 12.9 Å². The van der Waals surface area contributed by atoms with Crippen LogP contribution in [-0.4, -0.2) is 25.6 Å². The van der Waals surface area contributed by atoms with E-state index in [0.717, 1.165) is 28.2 Å². The van der Waals surface area contributed by atoms with Crippen LogP contribution in [0.1, 0.15) is 55.8 Å². The predicted octanol–water partition coefficient (Wildman–Crippen LogP) is 5.13. The molecule has 7 heteroatoms. The lowest BCUT2D eigenvalue weighted by Gasteiger charge is -2.17. The van der Waals surface area contributed by atoms with Gasteiger partial charge in [0.1, 0.15) is 5.82 Å². The van der Waals surface area contributed by atoms with E-state index in [2.05, 4.69) is 9.88 Å². The van der Waals surface area contributed by atoms with Crippen LogP contribution in [0.3, 0.4) is 0 Å². The maximum absolute atomic E-state index is 6.01. The van der Waals surface area contributed by atoms with Crippen molar-refractivity contribution in [1.82, 2.24) is 19.5 Å². The molecule has 0 unspecified atom stereocenters. The van der Waals surface area contributed by atoms with E-state index in [9.17, 15) is 0 Å². The van der Waals surface area contributed by atoms with Crippen molar-refractivity contribution in [2.75, 3.05) is 5.32 Å². The van der Waals surface area contributed by atoms with Gasteiger partial charge in [0, 0.05) is 17.0 Å². The summed E-state index contributed by atoms with van der Waals surface area (Å²) in [6.45, 7) is 0.715. The number of nitrogens with one attached hydrogen (secondary N) is 1. The maximum atomic E-state index is 6.01. The highest BCUT2D eigenvalue weighted by atomic mass is 35.5. The molecule has 27 heavy (non-hydrogen) atoms. The standard InChI is InChI=1S/C20H22ClN5.ClH/c21-15-9-5-13(6-10-15)11-26-12-22-19(23-16-3-1-2-4-16)17-20(26)25-18(24-17)14-7-8-14;/h5-6,9-10,12,14,16,23H,1-4,7-8,11H2;1H. The molecule has 142 valence electrons. The minimum Gasteiger partial charge on any atom is -0.365 e. The van der Waals surface area contributed by atoms with Gasteiger partial charge >= 0.3 is 0 Å². The lowest BCUT2D eigenvalue weighted by molar-refractivity contribution is 0.732. The van der Waals surface area contributed by atoms with Crippen LogP contribution in [0.4, 0.5) is 5.82 Å². The van der Waals surface area contributed by atoms with Crippen LogP contribution in [-0.2, 0) is 6.54 Å². The highest BCUT2D eigenvalue weighted by Gasteiger charge is 2.31. The zero-order valence-corrected chi connectivity index (χ0v) is 16.6. The first kappa shape index (κ1) is 18.5. The fraction of sp³-hybridized carbons (Fsp3) is 0.450. The van der Waals surface area contributed by atoms with Crippen molar-refractivity contribution in [3.05, 3.63) is 47.0 Å². The van der Waals surface area contributed by atoms with Crippen LogP contribution in [0, 0.1) is 0 Å². The molecule has 0 atom stereocenters. The minimum atomic E-state index is 0. The Labute approximate surface area is 170 Å². The van der Waals surface area contributed by atoms with E-state index < -0.39 is 0 Å². The van der Waals surface area contributed by atoms with Crippen molar-refractivity contribution in [2.24, 2.45) is 0 Å². The number of imidazole rings is 1. The molecule has 0 saturated heterocycles. The van der Waals surface area contributed by atoms with E-state index in [0.29, 0.717) is 18.5 Å². The van der Waals surface area contributed by atoms with Crippen LogP contribution in [0.2, 0.25) is 5.02 Å². The predicted molar refractivity (Wildman–Crippen MR) is 110 cm³/mol. The molecular weight excluding hydrogens is 381 g/mol. The number of benzene rings is 1. The first-order valence-corrected chi connectivity index (χ1v) is 9.88. The molecule has 0 spiro atoms. The fourth-order valence-corrected chi connectivity index (χ4v) is 3.87. The lowest BCUT2D eigenvalue weighted by Crippen LogP contribution is -2.18. The van der Waals surface area contributed by atoms with Crippen molar-refractivity contribution in [2.45, 2.75) is 57.0 Å². The molecule has 5 rings (SSSR count). The summed E-state index contributed by atoms with van der Waals surface area (Å²) in [5.74, 6) is 3.33. The molecule has 1 aromatic rings. The third-order valence-corrected chi connectivity index (χ3v) is 5.64. The summed E-state index contributed by atoms with van der Waals surface area (Å²) in [5, 5.41) is 4.36. The average molecular weight is 404 g/mol. The Bertz CT molecular complexity index is 882. The van der Waals surface area contributed by atoms with Crippen LogP contribution in [0.5, 0.6) is 0 Å². The second kappa shape index (κ2) is 7.64. The quantitative estimate of drug-likeness (QED) is 0.640. The molecule has 0 amide bonds. The molecule has 4 aliphatic rings.